The van der Waals surface area contributed by atoms with Crippen molar-refractivity contribution in [1.82, 2.24) is 14.8 Å². The number of piperazine rings is 1. The van der Waals surface area contributed by atoms with E-state index in [1.165, 1.54) is 5.56 Å². The van der Waals surface area contributed by atoms with Crippen LogP contribution in [0.3, 0.4) is 0 Å². The van der Waals surface area contributed by atoms with Crippen LogP contribution in [0.4, 0.5) is 16.4 Å². The molecule has 2 aliphatic heterocycles. The molecule has 1 atom stereocenters. The van der Waals surface area contributed by atoms with Gasteiger partial charge in [0.2, 0.25) is 0 Å². The monoisotopic (exact) mass is 475 g/mol. The molecule has 34 heavy (non-hydrogen) atoms. The van der Waals surface area contributed by atoms with Gasteiger partial charge in [-0.1, -0.05) is 38.1 Å². The van der Waals surface area contributed by atoms with E-state index in [4.69, 9.17) is 14.7 Å². The van der Waals surface area contributed by atoms with E-state index in [-0.39, 0.29) is 0 Å². The molecule has 1 saturated heterocycles. The standard InChI is InChI=1S/C27H33N5OS/c1-18(2)26-30-24-25(28-22-7-5-6-8-23(22)29-27(24)34-26)32-16-15-31(3)20(17-32)12-9-19-10-13-21(33-4)14-11-19/h5-8,10-11,13-14,18,20,29H,9,12,15-17H2,1-4H3/t20-/m0/s1. The molecule has 1 N–H and O–H groups in total. The lowest BCUT2D eigenvalue weighted by Gasteiger charge is -2.40. The first-order chi connectivity index (χ1) is 16.5. The van der Waals surface area contributed by atoms with Gasteiger partial charge in [-0.25, -0.2) is 9.98 Å². The van der Waals surface area contributed by atoms with Crippen LogP contribution < -0.4 is 10.1 Å². The Balaban J connectivity index is 1.40. The van der Waals surface area contributed by atoms with Crippen LogP contribution in [-0.2, 0) is 6.42 Å². The number of aliphatic imine (C=N–C) groups is 1. The first-order valence-electron chi connectivity index (χ1n) is 12.1. The minimum Gasteiger partial charge on any atom is -0.497 e. The van der Waals surface area contributed by atoms with Crippen molar-refractivity contribution in [3.8, 4) is 5.75 Å². The molecule has 0 aliphatic carbocycles. The number of nitrogens with zero attached hydrogens (tertiary/aromatic N) is 4. The number of para-hydroxylation sites is 2. The molecule has 0 bridgehead atoms. The summed E-state index contributed by atoms with van der Waals surface area (Å²) in [6.07, 6.45) is 2.14. The van der Waals surface area contributed by atoms with E-state index in [1.54, 1.807) is 18.4 Å². The molecule has 0 unspecified atom stereocenters. The minimum atomic E-state index is 0.389. The number of amidine groups is 1. The van der Waals surface area contributed by atoms with Gasteiger partial charge < -0.3 is 15.0 Å². The van der Waals surface area contributed by atoms with Gasteiger partial charge in [0.25, 0.3) is 0 Å². The first-order valence-corrected chi connectivity index (χ1v) is 12.9. The molecule has 7 heteroatoms. The van der Waals surface area contributed by atoms with Gasteiger partial charge in [0, 0.05) is 31.6 Å². The number of aromatic nitrogens is 1. The molecule has 2 aromatic carbocycles. The number of likely N-dealkylation sites (N-methyl/N-ethyl adjacent to an activating group) is 1. The SMILES string of the molecule is COc1ccc(CC[C@H]2CN(C3=Nc4ccccc4Nc4sc(C(C)C)nc43)CCN2C)cc1. The van der Waals surface area contributed by atoms with E-state index in [2.05, 4.69) is 72.4 Å². The number of methoxy groups -OCH3 is 1. The Bertz CT molecular complexity index is 1170. The molecule has 1 aromatic heterocycles. The summed E-state index contributed by atoms with van der Waals surface area (Å²) in [7, 11) is 3.95. The van der Waals surface area contributed by atoms with E-state index in [1.807, 2.05) is 12.1 Å². The van der Waals surface area contributed by atoms with Gasteiger partial charge in [0.05, 0.1) is 23.5 Å². The van der Waals surface area contributed by atoms with Gasteiger partial charge in [-0.3, -0.25) is 4.90 Å². The first kappa shape index (κ1) is 22.9. The largest absolute Gasteiger partial charge is 0.497 e. The number of aryl methyl sites for hydroxylation is 1. The second-order valence-electron chi connectivity index (χ2n) is 9.43. The molecule has 3 heterocycles. The van der Waals surface area contributed by atoms with Crippen LogP contribution in [0.15, 0.2) is 53.5 Å². The van der Waals surface area contributed by atoms with E-state index in [9.17, 15) is 0 Å². The van der Waals surface area contributed by atoms with Crippen LogP contribution in [0.1, 0.15) is 42.5 Å². The maximum absolute atomic E-state index is 5.30. The lowest BCUT2D eigenvalue weighted by atomic mass is 10.0. The average molecular weight is 476 g/mol. The Hall–Kier alpha value is -2.90. The highest BCUT2D eigenvalue weighted by molar-refractivity contribution is 7.16. The predicted molar refractivity (Wildman–Crippen MR) is 141 cm³/mol. The summed E-state index contributed by atoms with van der Waals surface area (Å²) in [6.45, 7) is 7.31. The Morgan fingerprint density at radius 1 is 1.12 bits per heavy atom. The lowest BCUT2D eigenvalue weighted by molar-refractivity contribution is 0.134. The fourth-order valence-electron chi connectivity index (χ4n) is 4.58. The molecule has 0 saturated carbocycles. The van der Waals surface area contributed by atoms with Crippen molar-refractivity contribution < 1.29 is 4.74 Å². The predicted octanol–water partition coefficient (Wildman–Crippen LogP) is 5.66. The quantitative estimate of drug-likeness (QED) is 0.516. The van der Waals surface area contributed by atoms with E-state index < -0.39 is 0 Å². The highest BCUT2D eigenvalue weighted by atomic mass is 32.1. The van der Waals surface area contributed by atoms with E-state index >= 15 is 0 Å². The van der Waals surface area contributed by atoms with Crippen molar-refractivity contribution in [2.24, 2.45) is 4.99 Å². The van der Waals surface area contributed by atoms with Crippen LogP contribution in [0, 0.1) is 0 Å². The molecular weight excluding hydrogens is 442 g/mol. The summed E-state index contributed by atoms with van der Waals surface area (Å²) in [5.41, 5.74) is 4.35. The fraction of sp³-hybridized carbons (Fsp3) is 0.407. The number of hydrogen-bond donors (Lipinski definition) is 1. The molecule has 5 rings (SSSR count). The van der Waals surface area contributed by atoms with Crippen LogP contribution >= 0.6 is 11.3 Å². The van der Waals surface area contributed by atoms with Gasteiger partial charge in [-0.05, 0) is 49.7 Å². The van der Waals surface area contributed by atoms with Crippen molar-refractivity contribution in [2.75, 3.05) is 39.1 Å². The molecule has 1 fully saturated rings. The molecule has 3 aromatic rings. The molecule has 178 valence electrons. The highest BCUT2D eigenvalue weighted by Gasteiger charge is 2.31. The number of nitrogens with one attached hydrogen (secondary N) is 1. The fourth-order valence-corrected chi connectivity index (χ4v) is 5.56. The Kier molecular flexibility index (Phi) is 6.57. The van der Waals surface area contributed by atoms with E-state index in [0.717, 1.165) is 71.1 Å². The van der Waals surface area contributed by atoms with Gasteiger partial charge in [-0.15, -0.1) is 11.3 Å². The van der Waals surface area contributed by atoms with Gasteiger partial charge in [0.1, 0.15) is 16.4 Å². The second kappa shape index (κ2) is 9.76. The van der Waals surface area contributed by atoms with Crippen LogP contribution in [0.25, 0.3) is 0 Å². The van der Waals surface area contributed by atoms with Crippen molar-refractivity contribution in [3.63, 3.8) is 0 Å². The summed E-state index contributed by atoms with van der Waals surface area (Å²) < 4.78 is 5.30. The molecule has 6 nitrogen and oxygen atoms in total. The van der Waals surface area contributed by atoms with E-state index in [0.29, 0.717) is 12.0 Å². The number of fused-ring (bicyclic) bond motifs is 2. The molecule has 0 spiro atoms. The lowest BCUT2D eigenvalue weighted by Crippen LogP contribution is -2.53. The summed E-state index contributed by atoms with van der Waals surface area (Å²) >= 11 is 1.75. The zero-order valence-electron chi connectivity index (χ0n) is 20.4. The van der Waals surface area contributed by atoms with Crippen molar-refractivity contribution >= 4 is 33.5 Å². The zero-order valence-corrected chi connectivity index (χ0v) is 21.2. The van der Waals surface area contributed by atoms with Gasteiger partial charge in [-0.2, -0.15) is 0 Å². The number of ether oxygens (including phenoxy) is 1. The van der Waals surface area contributed by atoms with Crippen LogP contribution in [-0.4, -0.2) is 60.5 Å². The molecule has 2 aliphatic rings. The smallest absolute Gasteiger partial charge is 0.158 e. The third-order valence-electron chi connectivity index (χ3n) is 6.73. The zero-order chi connectivity index (χ0) is 23.7. The Morgan fingerprint density at radius 2 is 1.91 bits per heavy atom. The Morgan fingerprint density at radius 3 is 2.68 bits per heavy atom. The third kappa shape index (κ3) is 4.68. The third-order valence-corrected chi connectivity index (χ3v) is 8.00. The maximum Gasteiger partial charge on any atom is 0.158 e. The Labute approximate surface area is 206 Å². The molecule has 0 amide bonds. The molecular formula is C27H33N5OS. The highest BCUT2D eigenvalue weighted by Crippen LogP contribution is 2.39. The number of hydrogen-bond acceptors (Lipinski definition) is 7. The summed E-state index contributed by atoms with van der Waals surface area (Å²) in [5, 5.41) is 5.86. The van der Waals surface area contributed by atoms with Crippen LogP contribution in [0.2, 0.25) is 0 Å². The van der Waals surface area contributed by atoms with Gasteiger partial charge >= 0.3 is 0 Å². The summed E-state index contributed by atoms with van der Waals surface area (Å²) in [5.74, 6) is 2.29. The van der Waals surface area contributed by atoms with Crippen molar-refractivity contribution in [2.45, 2.75) is 38.6 Å². The minimum absolute atomic E-state index is 0.389. The number of rotatable bonds is 5. The van der Waals surface area contributed by atoms with Crippen LogP contribution in [0.5, 0.6) is 5.75 Å². The van der Waals surface area contributed by atoms with Crippen molar-refractivity contribution in [1.29, 1.82) is 0 Å². The van der Waals surface area contributed by atoms with Gasteiger partial charge in [0.15, 0.2) is 5.84 Å². The topological polar surface area (TPSA) is 53.0 Å². The average Bonchev–Trinajstić information content (AvgIpc) is 3.20. The molecule has 0 radical (unpaired) electrons. The summed E-state index contributed by atoms with van der Waals surface area (Å²) in [4.78, 5) is 15.2. The second-order valence-corrected chi connectivity index (χ2v) is 10.5. The summed E-state index contributed by atoms with van der Waals surface area (Å²) in [6, 6.07) is 17.2. The maximum atomic E-state index is 5.30. The number of benzene rings is 2. The number of anilines is 2. The number of thiazole rings is 1. The van der Waals surface area contributed by atoms with Crippen molar-refractivity contribution in [3.05, 3.63) is 64.8 Å². The normalized spacial score (nSPS) is 18.1.